The molecule has 2 N–H and O–H groups in total. The van der Waals surface area contributed by atoms with E-state index in [9.17, 15) is 4.79 Å². The third-order valence-corrected chi connectivity index (χ3v) is 2.87. The maximum Gasteiger partial charge on any atom is 0.306 e. The van der Waals surface area contributed by atoms with Gasteiger partial charge in [-0.05, 0) is 25.3 Å². The number of carboxylic acids is 1. The second kappa shape index (κ2) is 5.98. The number of methoxy groups -OCH3 is 1. The number of hydrogen-bond donors (Lipinski definition) is 2. The molecule has 4 nitrogen and oxygen atoms in total. The lowest BCUT2D eigenvalue weighted by atomic mass is 9.96. The van der Waals surface area contributed by atoms with Crippen molar-refractivity contribution in [3.05, 3.63) is 0 Å². The van der Waals surface area contributed by atoms with Crippen molar-refractivity contribution >= 4 is 5.97 Å². The van der Waals surface area contributed by atoms with Crippen LogP contribution < -0.4 is 5.32 Å². The molecule has 0 amide bonds. The van der Waals surface area contributed by atoms with Crippen molar-refractivity contribution in [3.63, 3.8) is 0 Å². The molecule has 82 valence electrons. The summed E-state index contributed by atoms with van der Waals surface area (Å²) in [4.78, 5) is 10.8. The molecule has 1 rings (SSSR count). The zero-order valence-corrected chi connectivity index (χ0v) is 8.66. The highest BCUT2D eigenvalue weighted by atomic mass is 16.5. The molecule has 1 saturated carbocycles. The molecule has 0 bridgehead atoms. The smallest absolute Gasteiger partial charge is 0.306 e. The van der Waals surface area contributed by atoms with Crippen LogP contribution in [0.15, 0.2) is 0 Å². The number of carboxylic acid groups (broad SMARTS) is 1. The third-order valence-electron chi connectivity index (χ3n) is 2.87. The van der Waals surface area contributed by atoms with Gasteiger partial charge in [-0.3, -0.25) is 4.79 Å². The Morgan fingerprint density at radius 2 is 2.36 bits per heavy atom. The summed E-state index contributed by atoms with van der Waals surface area (Å²) < 4.78 is 4.90. The topological polar surface area (TPSA) is 58.6 Å². The van der Waals surface area contributed by atoms with Crippen molar-refractivity contribution in [2.24, 2.45) is 11.8 Å². The molecule has 0 aromatic carbocycles. The van der Waals surface area contributed by atoms with E-state index in [1.807, 2.05) is 0 Å². The van der Waals surface area contributed by atoms with Gasteiger partial charge in [0.15, 0.2) is 0 Å². The summed E-state index contributed by atoms with van der Waals surface area (Å²) >= 11 is 0. The van der Waals surface area contributed by atoms with Gasteiger partial charge in [0.25, 0.3) is 0 Å². The van der Waals surface area contributed by atoms with Crippen LogP contribution in [0, 0.1) is 11.8 Å². The van der Waals surface area contributed by atoms with Crippen molar-refractivity contribution in [1.29, 1.82) is 0 Å². The van der Waals surface area contributed by atoms with E-state index in [0.29, 0.717) is 12.5 Å². The van der Waals surface area contributed by atoms with Crippen LogP contribution in [-0.2, 0) is 9.53 Å². The lowest BCUT2D eigenvalue weighted by molar-refractivity contribution is -0.142. The van der Waals surface area contributed by atoms with E-state index in [1.54, 1.807) is 7.11 Å². The molecule has 4 heteroatoms. The third kappa shape index (κ3) is 3.27. The molecule has 0 saturated heterocycles. The molecule has 1 aliphatic carbocycles. The van der Waals surface area contributed by atoms with Crippen molar-refractivity contribution < 1.29 is 14.6 Å². The Labute approximate surface area is 84.6 Å². The number of rotatable bonds is 6. The first kappa shape index (κ1) is 11.5. The number of nitrogens with one attached hydrogen (secondary N) is 1. The maximum absolute atomic E-state index is 10.8. The number of ether oxygens (including phenoxy) is 1. The zero-order chi connectivity index (χ0) is 10.4. The highest BCUT2D eigenvalue weighted by Crippen LogP contribution is 2.31. The van der Waals surface area contributed by atoms with Gasteiger partial charge in [-0.1, -0.05) is 6.42 Å². The van der Waals surface area contributed by atoms with Gasteiger partial charge in [-0.25, -0.2) is 0 Å². The number of aliphatic carboxylic acids is 1. The molecule has 14 heavy (non-hydrogen) atoms. The predicted octanol–water partition coefficient (Wildman–Crippen LogP) is 0.723. The van der Waals surface area contributed by atoms with Gasteiger partial charge in [-0.15, -0.1) is 0 Å². The lowest BCUT2D eigenvalue weighted by Crippen LogP contribution is -2.30. The summed E-state index contributed by atoms with van der Waals surface area (Å²) in [7, 11) is 1.66. The Balaban J connectivity index is 2.19. The first-order valence-electron chi connectivity index (χ1n) is 5.18. The Morgan fingerprint density at radius 1 is 1.57 bits per heavy atom. The van der Waals surface area contributed by atoms with Gasteiger partial charge < -0.3 is 15.2 Å². The van der Waals surface area contributed by atoms with E-state index in [-0.39, 0.29) is 5.92 Å². The molecule has 0 spiro atoms. The van der Waals surface area contributed by atoms with Gasteiger partial charge >= 0.3 is 5.97 Å². The normalized spacial score (nSPS) is 26.6. The highest BCUT2D eigenvalue weighted by Gasteiger charge is 2.32. The van der Waals surface area contributed by atoms with Crippen LogP contribution in [0.3, 0.4) is 0 Å². The summed E-state index contributed by atoms with van der Waals surface area (Å²) in [6.45, 7) is 2.30. The second-order valence-corrected chi connectivity index (χ2v) is 3.83. The van der Waals surface area contributed by atoms with Gasteiger partial charge in [0.05, 0.1) is 12.5 Å². The fraction of sp³-hybridized carbons (Fsp3) is 0.900. The van der Waals surface area contributed by atoms with E-state index in [0.717, 1.165) is 32.4 Å². The van der Waals surface area contributed by atoms with Crippen molar-refractivity contribution in [2.45, 2.75) is 19.3 Å². The SMILES string of the molecule is COCCNCC1CCCC1C(=O)O. The van der Waals surface area contributed by atoms with Crippen molar-refractivity contribution in [2.75, 3.05) is 26.8 Å². The molecule has 2 unspecified atom stereocenters. The van der Waals surface area contributed by atoms with Crippen LogP contribution in [0.1, 0.15) is 19.3 Å². The van der Waals surface area contributed by atoms with Gasteiger partial charge in [0.2, 0.25) is 0 Å². The fourth-order valence-corrected chi connectivity index (χ4v) is 2.07. The molecule has 0 heterocycles. The Bertz CT molecular complexity index is 184. The van der Waals surface area contributed by atoms with Gasteiger partial charge in [-0.2, -0.15) is 0 Å². The number of carbonyl (C=O) groups is 1. The number of hydrogen-bond acceptors (Lipinski definition) is 3. The molecule has 1 fully saturated rings. The summed E-state index contributed by atoms with van der Waals surface area (Å²) in [5.74, 6) is -0.463. The van der Waals surface area contributed by atoms with Crippen LogP contribution >= 0.6 is 0 Å². The molecule has 1 aliphatic rings. The van der Waals surface area contributed by atoms with Crippen LogP contribution in [0.2, 0.25) is 0 Å². The molecule has 2 atom stereocenters. The van der Waals surface area contributed by atoms with E-state index in [1.165, 1.54) is 0 Å². The van der Waals surface area contributed by atoms with Crippen LogP contribution in [-0.4, -0.2) is 37.9 Å². The Morgan fingerprint density at radius 3 is 3.00 bits per heavy atom. The average molecular weight is 201 g/mol. The zero-order valence-electron chi connectivity index (χ0n) is 8.66. The van der Waals surface area contributed by atoms with E-state index in [4.69, 9.17) is 9.84 Å². The van der Waals surface area contributed by atoms with Crippen LogP contribution in [0.25, 0.3) is 0 Å². The first-order chi connectivity index (χ1) is 6.75. The van der Waals surface area contributed by atoms with Crippen LogP contribution in [0.5, 0.6) is 0 Å². The highest BCUT2D eigenvalue weighted by molar-refractivity contribution is 5.70. The van der Waals surface area contributed by atoms with Crippen molar-refractivity contribution in [1.82, 2.24) is 5.32 Å². The summed E-state index contributed by atoms with van der Waals surface area (Å²) in [5.41, 5.74) is 0. The molecule has 0 aliphatic heterocycles. The quantitative estimate of drug-likeness (QED) is 0.622. The standard InChI is InChI=1S/C10H19NO3/c1-14-6-5-11-7-8-3-2-4-9(8)10(12)13/h8-9,11H,2-7H2,1H3,(H,12,13). The average Bonchev–Trinajstić information content (AvgIpc) is 2.60. The van der Waals surface area contributed by atoms with E-state index >= 15 is 0 Å². The monoisotopic (exact) mass is 201 g/mol. The minimum atomic E-state index is -0.638. The first-order valence-corrected chi connectivity index (χ1v) is 5.18. The summed E-state index contributed by atoms with van der Waals surface area (Å²) in [6.07, 6.45) is 2.93. The molecular weight excluding hydrogens is 182 g/mol. The minimum Gasteiger partial charge on any atom is -0.481 e. The minimum absolute atomic E-state index is 0.134. The largest absolute Gasteiger partial charge is 0.481 e. The lowest BCUT2D eigenvalue weighted by Gasteiger charge is -2.15. The molecule has 0 aromatic heterocycles. The summed E-state index contributed by atoms with van der Waals surface area (Å²) in [5, 5.41) is 12.2. The molecule has 0 radical (unpaired) electrons. The Hall–Kier alpha value is -0.610. The van der Waals surface area contributed by atoms with Crippen molar-refractivity contribution in [3.8, 4) is 0 Å². The fourth-order valence-electron chi connectivity index (χ4n) is 2.07. The molecule has 0 aromatic rings. The van der Waals surface area contributed by atoms with E-state index < -0.39 is 5.97 Å². The molecular formula is C10H19NO3. The van der Waals surface area contributed by atoms with Crippen LogP contribution in [0.4, 0.5) is 0 Å². The Kier molecular flexibility index (Phi) is 4.90. The van der Waals surface area contributed by atoms with Gasteiger partial charge in [0, 0.05) is 13.7 Å². The van der Waals surface area contributed by atoms with E-state index in [2.05, 4.69) is 5.32 Å². The predicted molar refractivity (Wildman–Crippen MR) is 53.2 cm³/mol. The second-order valence-electron chi connectivity index (χ2n) is 3.83. The van der Waals surface area contributed by atoms with Gasteiger partial charge in [0.1, 0.15) is 0 Å². The summed E-state index contributed by atoms with van der Waals surface area (Å²) in [6, 6.07) is 0. The maximum atomic E-state index is 10.8.